The molecule has 0 heterocycles. The molecule has 15 heavy (non-hydrogen) atoms. The molecule has 8 nitrogen and oxygen atoms in total. The monoisotopic (exact) mass is 218 g/mol. The van der Waals surface area contributed by atoms with E-state index in [0.29, 0.717) is 0 Å². The summed E-state index contributed by atoms with van der Waals surface area (Å²) in [5.41, 5.74) is 20.7. The maximum absolute atomic E-state index is 10.6. The van der Waals surface area contributed by atoms with Gasteiger partial charge in [-0.2, -0.15) is 0 Å². The lowest BCUT2D eigenvalue weighted by molar-refractivity contribution is -0.119. The smallest absolute Gasteiger partial charge is 0.235 e. The molecule has 0 aliphatic heterocycles. The largest absolute Gasteiger partial charge is 0.386 e. The van der Waals surface area contributed by atoms with Gasteiger partial charge in [-0.15, -0.1) is 0 Å². The summed E-state index contributed by atoms with van der Waals surface area (Å²) >= 11 is 0. The maximum atomic E-state index is 10.6. The first-order valence-electron chi connectivity index (χ1n) is 4.40. The number of nitrogens with one attached hydrogen (secondary N) is 2. The molecule has 88 valence electrons. The lowest BCUT2D eigenvalue weighted by Crippen LogP contribution is -2.51. The van der Waals surface area contributed by atoms with Crippen LogP contribution >= 0.6 is 0 Å². The average molecular weight is 218 g/mol. The van der Waals surface area contributed by atoms with Crippen molar-refractivity contribution >= 4 is 11.7 Å². The van der Waals surface area contributed by atoms with Crippen molar-refractivity contribution in [2.24, 2.45) is 22.9 Å². The zero-order valence-electron chi connectivity index (χ0n) is 8.31. The fraction of sp³-hybridized carbons (Fsp3) is 0.714. The SMILES string of the molecule is N=C(N)[C@H](CC(N)O)NC[C@H](N)C(N)=O. The van der Waals surface area contributed by atoms with Crippen LogP contribution in [0.3, 0.4) is 0 Å². The molecule has 8 heteroatoms. The third-order valence-electron chi connectivity index (χ3n) is 1.80. The van der Waals surface area contributed by atoms with Crippen molar-refractivity contribution in [3.05, 3.63) is 0 Å². The summed E-state index contributed by atoms with van der Waals surface area (Å²) in [5.74, 6) is -0.839. The Morgan fingerprint density at radius 2 is 1.93 bits per heavy atom. The number of primary amides is 1. The normalized spacial score (nSPS) is 16.7. The van der Waals surface area contributed by atoms with E-state index in [9.17, 15) is 4.79 Å². The number of carbonyl (C=O) groups excluding carboxylic acids is 1. The van der Waals surface area contributed by atoms with Gasteiger partial charge in [-0.05, 0) is 0 Å². The minimum Gasteiger partial charge on any atom is -0.386 e. The molecule has 0 aromatic heterocycles. The number of carbonyl (C=O) groups is 1. The molecule has 0 saturated heterocycles. The fourth-order valence-corrected chi connectivity index (χ4v) is 0.932. The predicted octanol–water partition coefficient (Wildman–Crippen LogP) is -3.64. The van der Waals surface area contributed by atoms with E-state index in [4.69, 9.17) is 33.5 Å². The molecule has 11 N–H and O–H groups in total. The van der Waals surface area contributed by atoms with Gasteiger partial charge in [0.1, 0.15) is 12.1 Å². The van der Waals surface area contributed by atoms with Gasteiger partial charge in [0.2, 0.25) is 5.91 Å². The second-order valence-electron chi connectivity index (χ2n) is 3.23. The second-order valence-corrected chi connectivity index (χ2v) is 3.23. The van der Waals surface area contributed by atoms with Crippen LogP contribution < -0.4 is 28.3 Å². The Kier molecular flexibility index (Phi) is 5.79. The summed E-state index contributed by atoms with van der Waals surface area (Å²) < 4.78 is 0. The van der Waals surface area contributed by atoms with E-state index in [1.54, 1.807) is 0 Å². The quantitative estimate of drug-likeness (QED) is 0.131. The maximum Gasteiger partial charge on any atom is 0.235 e. The number of hydrogen-bond donors (Lipinski definition) is 7. The molecule has 0 aromatic rings. The third kappa shape index (κ3) is 5.96. The van der Waals surface area contributed by atoms with Crippen molar-refractivity contribution in [2.45, 2.75) is 24.7 Å². The highest BCUT2D eigenvalue weighted by molar-refractivity contribution is 5.83. The molecule has 0 radical (unpaired) electrons. The van der Waals surface area contributed by atoms with Gasteiger partial charge in [0, 0.05) is 13.0 Å². The average Bonchev–Trinajstić information content (AvgIpc) is 2.10. The van der Waals surface area contributed by atoms with Gasteiger partial charge in [-0.25, -0.2) is 0 Å². The van der Waals surface area contributed by atoms with Crippen molar-refractivity contribution in [1.29, 1.82) is 5.41 Å². The van der Waals surface area contributed by atoms with E-state index in [1.165, 1.54) is 0 Å². The Hall–Kier alpha value is -1.22. The molecular formula is C7H18N6O2. The van der Waals surface area contributed by atoms with E-state index in [2.05, 4.69) is 5.32 Å². The molecule has 0 bridgehead atoms. The summed E-state index contributed by atoms with van der Waals surface area (Å²) in [7, 11) is 0. The summed E-state index contributed by atoms with van der Waals surface area (Å²) in [4.78, 5) is 10.6. The molecular weight excluding hydrogens is 200 g/mol. The number of rotatable bonds is 7. The Bertz CT molecular complexity index is 232. The molecule has 0 rings (SSSR count). The van der Waals surface area contributed by atoms with Gasteiger partial charge >= 0.3 is 0 Å². The molecule has 0 aliphatic carbocycles. The van der Waals surface area contributed by atoms with Crippen LogP contribution in [-0.4, -0.2) is 41.7 Å². The highest BCUT2D eigenvalue weighted by Gasteiger charge is 2.17. The zero-order chi connectivity index (χ0) is 12.0. The minimum absolute atomic E-state index is 0.0703. The van der Waals surface area contributed by atoms with Crippen molar-refractivity contribution in [3.8, 4) is 0 Å². The van der Waals surface area contributed by atoms with E-state index >= 15 is 0 Å². The molecule has 1 unspecified atom stereocenters. The summed E-state index contributed by atoms with van der Waals surface area (Å²) in [5, 5.41) is 18.8. The first-order valence-corrected chi connectivity index (χ1v) is 4.40. The van der Waals surface area contributed by atoms with Crippen LogP contribution in [-0.2, 0) is 4.79 Å². The van der Waals surface area contributed by atoms with E-state index in [-0.39, 0.29) is 18.8 Å². The van der Waals surface area contributed by atoms with Gasteiger partial charge < -0.3 is 33.4 Å². The Balaban J connectivity index is 4.07. The first kappa shape index (κ1) is 13.8. The topological polar surface area (TPSA) is 177 Å². The number of amidine groups is 1. The van der Waals surface area contributed by atoms with Crippen LogP contribution in [0, 0.1) is 5.41 Å². The number of nitrogens with two attached hydrogens (primary N) is 4. The van der Waals surface area contributed by atoms with Gasteiger partial charge in [-0.1, -0.05) is 0 Å². The number of aliphatic hydroxyl groups is 1. The summed E-state index contributed by atoms with van der Waals surface area (Å²) in [6, 6.07) is -1.47. The van der Waals surface area contributed by atoms with Crippen LogP contribution in [0.4, 0.5) is 0 Å². The zero-order valence-corrected chi connectivity index (χ0v) is 8.31. The number of aliphatic hydroxyl groups excluding tert-OH is 1. The Morgan fingerprint density at radius 3 is 2.27 bits per heavy atom. The van der Waals surface area contributed by atoms with Gasteiger partial charge in [0.05, 0.1) is 12.1 Å². The molecule has 0 aromatic carbocycles. The Morgan fingerprint density at radius 1 is 1.40 bits per heavy atom. The van der Waals surface area contributed by atoms with Crippen LogP contribution in [0.15, 0.2) is 0 Å². The lowest BCUT2D eigenvalue weighted by Gasteiger charge is -2.20. The molecule has 1 amide bonds. The van der Waals surface area contributed by atoms with Crippen molar-refractivity contribution in [2.75, 3.05) is 6.54 Å². The van der Waals surface area contributed by atoms with Gasteiger partial charge in [0.15, 0.2) is 0 Å². The van der Waals surface area contributed by atoms with E-state index in [0.717, 1.165) is 0 Å². The standard InChI is InChI=1S/C7H18N6O2/c8-3(7(12)15)2-13-4(6(10)11)1-5(9)14/h3-5,13-14H,1-2,8-9H2,(H3,10,11)(H2,12,15)/t3-,4-,5?/m0/s1. The predicted molar refractivity (Wildman–Crippen MR) is 55.7 cm³/mol. The van der Waals surface area contributed by atoms with E-state index in [1.807, 2.05) is 0 Å². The van der Waals surface area contributed by atoms with Crippen LogP contribution in [0.1, 0.15) is 6.42 Å². The Labute approximate surface area is 87.5 Å². The van der Waals surface area contributed by atoms with Gasteiger partial charge in [0.25, 0.3) is 0 Å². The van der Waals surface area contributed by atoms with Crippen molar-refractivity contribution in [1.82, 2.24) is 5.32 Å². The summed E-state index contributed by atoms with van der Waals surface area (Å²) in [6.45, 7) is 0.0757. The molecule has 0 aliphatic rings. The molecule has 0 fully saturated rings. The fourth-order valence-electron chi connectivity index (χ4n) is 0.932. The van der Waals surface area contributed by atoms with Crippen molar-refractivity contribution < 1.29 is 9.90 Å². The highest BCUT2D eigenvalue weighted by Crippen LogP contribution is 1.93. The van der Waals surface area contributed by atoms with E-state index < -0.39 is 24.2 Å². The number of hydrogen-bond acceptors (Lipinski definition) is 6. The minimum atomic E-state index is -1.09. The highest BCUT2D eigenvalue weighted by atomic mass is 16.3. The van der Waals surface area contributed by atoms with Crippen LogP contribution in [0.25, 0.3) is 0 Å². The lowest BCUT2D eigenvalue weighted by atomic mass is 10.1. The summed E-state index contributed by atoms with van der Waals surface area (Å²) in [6.07, 6.45) is -1.02. The molecule has 0 spiro atoms. The number of amides is 1. The van der Waals surface area contributed by atoms with Crippen LogP contribution in [0.5, 0.6) is 0 Å². The van der Waals surface area contributed by atoms with Crippen LogP contribution in [0.2, 0.25) is 0 Å². The van der Waals surface area contributed by atoms with Crippen molar-refractivity contribution in [3.63, 3.8) is 0 Å². The second kappa shape index (κ2) is 6.30. The first-order chi connectivity index (χ1) is 6.84. The molecule has 0 saturated carbocycles. The molecule has 3 atom stereocenters. The van der Waals surface area contributed by atoms with Gasteiger partial charge in [-0.3, -0.25) is 10.2 Å². The third-order valence-corrected chi connectivity index (χ3v) is 1.80.